The van der Waals surface area contributed by atoms with Crippen molar-refractivity contribution in [1.29, 1.82) is 0 Å². The molecule has 192 valence electrons. The van der Waals surface area contributed by atoms with Gasteiger partial charge in [0.25, 0.3) is 0 Å². The van der Waals surface area contributed by atoms with Crippen LogP contribution in [0.25, 0.3) is 11.1 Å². The van der Waals surface area contributed by atoms with Crippen molar-refractivity contribution >= 4 is 5.97 Å². The lowest BCUT2D eigenvalue weighted by Gasteiger charge is -2.34. The average Bonchev–Trinajstić information content (AvgIpc) is 3.27. The lowest BCUT2D eigenvalue weighted by molar-refractivity contribution is -0.138. The standard InChI is InChI=1S/C33H30O5/c1-3-31(35)38-22-21-37-27-17-13-25(14-18-27)33(24-11-15-26(16-12-24)36-20-19-34)29-9-5-4-8-28(29)32-23(2)7-6-10-30(32)33/h3-18,34H,1,19-22H2,2H3. The minimum atomic E-state index is -0.536. The number of benzene rings is 4. The van der Waals surface area contributed by atoms with Crippen LogP contribution in [0, 0.1) is 6.92 Å². The third kappa shape index (κ3) is 4.46. The molecule has 4 aromatic carbocycles. The number of rotatable bonds is 10. The zero-order valence-electron chi connectivity index (χ0n) is 21.4. The number of aliphatic hydroxyl groups is 1. The van der Waals surface area contributed by atoms with E-state index in [9.17, 15) is 4.79 Å². The summed E-state index contributed by atoms with van der Waals surface area (Å²) in [4.78, 5) is 11.3. The number of carbonyl (C=O) groups is 1. The van der Waals surface area contributed by atoms with Crippen LogP contribution < -0.4 is 9.47 Å². The van der Waals surface area contributed by atoms with Crippen LogP contribution in [0.1, 0.15) is 27.8 Å². The predicted molar refractivity (Wildman–Crippen MR) is 148 cm³/mol. The Labute approximate surface area is 222 Å². The molecule has 1 N–H and O–H groups in total. The van der Waals surface area contributed by atoms with E-state index in [4.69, 9.17) is 19.3 Å². The van der Waals surface area contributed by atoms with E-state index in [1.165, 1.54) is 27.8 Å². The van der Waals surface area contributed by atoms with Gasteiger partial charge in [0.05, 0.1) is 12.0 Å². The highest BCUT2D eigenvalue weighted by Gasteiger charge is 2.46. The maximum absolute atomic E-state index is 11.3. The van der Waals surface area contributed by atoms with Crippen LogP contribution in [0.5, 0.6) is 11.5 Å². The molecule has 1 unspecified atom stereocenters. The van der Waals surface area contributed by atoms with Crippen LogP contribution in [-0.4, -0.2) is 37.5 Å². The Bertz CT molecular complexity index is 1440. The number of hydrogen-bond donors (Lipinski definition) is 1. The quantitative estimate of drug-likeness (QED) is 0.147. The van der Waals surface area contributed by atoms with Gasteiger partial charge < -0.3 is 19.3 Å². The molecule has 1 aliphatic rings. The molecular weight excluding hydrogens is 476 g/mol. The summed E-state index contributed by atoms with van der Waals surface area (Å²) in [6.07, 6.45) is 1.14. The van der Waals surface area contributed by atoms with E-state index in [-0.39, 0.29) is 26.4 Å². The average molecular weight is 507 g/mol. The van der Waals surface area contributed by atoms with E-state index in [0.717, 1.165) is 23.0 Å². The largest absolute Gasteiger partial charge is 0.491 e. The molecule has 0 heterocycles. The Kier molecular flexibility index (Phi) is 7.29. The second-order valence-corrected chi connectivity index (χ2v) is 9.13. The highest BCUT2D eigenvalue weighted by Crippen LogP contribution is 2.57. The van der Waals surface area contributed by atoms with Gasteiger partial charge in [-0.05, 0) is 70.1 Å². The highest BCUT2D eigenvalue weighted by molar-refractivity contribution is 5.88. The predicted octanol–water partition coefficient (Wildman–Crippen LogP) is 5.84. The Balaban J connectivity index is 1.60. The van der Waals surface area contributed by atoms with Gasteiger partial charge in [0.2, 0.25) is 0 Å². The maximum Gasteiger partial charge on any atom is 0.330 e. The zero-order valence-corrected chi connectivity index (χ0v) is 21.4. The Morgan fingerprint density at radius 2 is 1.39 bits per heavy atom. The van der Waals surface area contributed by atoms with Gasteiger partial charge in [-0.1, -0.05) is 73.3 Å². The molecule has 0 saturated heterocycles. The molecule has 0 spiro atoms. The molecule has 0 aliphatic heterocycles. The smallest absolute Gasteiger partial charge is 0.330 e. The van der Waals surface area contributed by atoms with Gasteiger partial charge in [-0.2, -0.15) is 0 Å². The number of ether oxygens (including phenoxy) is 3. The minimum Gasteiger partial charge on any atom is -0.491 e. The van der Waals surface area contributed by atoms with Crippen molar-refractivity contribution in [2.45, 2.75) is 12.3 Å². The fourth-order valence-electron chi connectivity index (χ4n) is 5.43. The molecule has 1 atom stereocenters. The summed E-state index contributed by atoms with van der Waals surface area (Å²) in [5.74, 6) is 0.948. The summed E-state index contributed by atoms with van der Waals surface area (Å²) < 4.78 is 16.5. The van der Waals surface area contributed by atoms with Gasteiger partial charge in [-0.15, -0.1) is 0 Å². The van der Waals surface area contributed by atoms with E-state index in [2.05, 4.69) is 80.2 Å². The van der Waals surface area contributed by atoms with Crippen LogP contribution >= 0.6 is 0 Å². The van der Waals surface area contributed by atoms with E-state index in [1.807, 2.05) is 24.3 Å². The number of carbonyl (C=O) groups excluding carboxylic acids is 1. The van der Waals surface area contributed by atoms with Crippen molar-refractivity contribution in [2.75, 3.05) is 26.4 Å². The lowest BCUT2D eigenvalue weighted by atomic mass is 9.67. The van der Waals surface area contributed by atoms with Crippen molar-refractivity contribution in [3.05, 3.63) is 131 Å². The third-order valence-corrected chi connectivity index (χ3v) is 6.97. The summed E-state index contributed by atoms with van der Waals surface area (Å²) in [6.45, 7) is 6.19. The fraction of sp³-hybridized carbons (Fsp3) is 0.182. The van der Waals surface area contributed by atoms with Gasteiger partial charge in [0.15, 0.2) is 0 Å². The molecule has 4 aromatic rings. The molecule has 0 radical (unpaired) electrons. The Hall–Kier alpha value is -4.35. The monoisotopic (exact) mass is 506 g/mol. The molecular formula is C33H30O5. The first-order valence-electron chi connectivity index (χ1n) is 12.7. The van der Waals surface area contributed by atoms with E-state index < -0.39 is 11.4 Å². The molecule has 0 fully saturated rings. The lowest BCUT2D eigenvalue weighted by Crippen LogP contribution is -2.28. The number of aliphatic hydroxyl groups excluding tert-OH is 1. The number of esters is 1. The van der Waals surface area contributed by atoms with E-state index in [1.54, 1.807) is 0 Å². The molecule has 0 aromatic heterocycles. The topological polar surface area (TPSA) is 65.0 Å². The van der Waals surface area contributed by atoms with Crippen LogP contribution in [0.3, 0.4) is 0 Å². The first-order valence-corrected chi connectivity index (χ1v) is 12.7. The number of fused-ring (bicyclic) bond motifs is 3. The van der Waals surface area contributed by atoms with E-state index >= 15 is 0 Å². The minimum absolute atomic E-state index is 0.0309. The molecule has 5 heteroatoms. The van der Waals surface area contributed by atoms with Crippen LogP contribution in [-0.2, 0) is 14.9 Å². The summed E-state index contributed by atoms with van der Waals surface area (Å²) >= 11 is 0. The molecule has 0 saturated carbocycles. The Morgan fingerprint density at radius 1 is 0.789 bits per heavy atom. The van der Waals surface area contributed by atoms with Crippen molar-refractivity contribution in [3.8, 4) is 22.6 Å². The molecule has 5 nitrogen and oxygen atoms in total. The second-order valence-electron chi connectivity index (χ2n) is 9.13. The second kappa shape index (κ2) is 11.0. The summed E-state index contributed by atoms with van der Waals surface area (Å²) in [7, 11) is 0. The van der Waals surface area contributed by atoms with Crippen LogP contribution in [0.4, 0.5) is 0 Å². The first kappa shape index (κ1) is 25.3. The van der Waals surface area contributed by atoms with Gasteiger partial charge in [-0.25, -0.2) is 4.79 Å². The van der Waals surface area contributed by atoms with Crippen molar-refractivity contribution in [1.82, 2.24) is 0 Å². The number of aryl methyl sites for hydroxylation is 1. The molecule has 0 amide bonds. The molecule has 38 heavy (non-hydrogen) atoms. The van der Waals surface area contributed by atoms with Gasteiger partial charge in [-0.3, -0.25) is 0 Å². The summed E-state index contributed by atoms with van der Waals surface area (Å²) in [6, 6.07) is 31.4. The molecule has 5 rings (SSSR count). The zero-order chi connectivity index (χ0) is 26.5. The normalized spacial score (nSPS) is 15.3. The van der Waals surface area contributed by atoms with Crippen molar-refractivity contribution in [2.24, 2.45) is 0 Å². The van der Waals surface area contributed by atoms with Crippen molar-refractivity contribution < 1.29 is 24.1 Å². The van der Waals surface area contributed by atoms with Gasteiger partial charge in [0.1, 0.15) is 31.3 Å². The van der Waals surface area contributed by atoms with Crippen LogP contribution in [0.15, 0.2) is 104 Å². The summed E-state index contributed by atoms with van der Waals surface area (Å²) in [5, 5.41) is 9.15. The highest BCUT2D eigenvalue weighted by atomic mass is 16.6. The van der Waals surface area contributed by atoms with Gasteiger partial charge in [0, 0.05) is 6.08 Å². The maximum atomic E-state index is 11.3. The molecule has 0 bridgehead atoms. The van der Waals surface area contributed by atoms with E-state index in [0.29, 0.717) is 5.75 Å². The number of hydrogen-bond acceptors (Lipinski definition) is 5. The Morgan fingerprint density at radius 3 is 2.03 bits per heavy atom. The SMILES string of the molecule is C=CC(=O)OCCOc1ccc(C2(c3ccc(OCCO)cc3)c3ccccc3-c3c(C)cccc32)cc1. The molecule has 1 aliphatic carbocycles. The third-order valence-electron chi connectivity index (χ3n) is 6.97. The fourth-order valence-corrected chi connectivity index (χ4v) is 5.43. The first-order chi connectivity index (χ1) is 18.6. The van der Waals surface area contributed by atoms with Gasteiger partial charge >= 0.3 is 5.97 Å². The van der Waals surface area contributed by atoms with Crippen LogP contribution in [0.2, 0.25) is 0 Å². The van der Waals surface area contributed by atoms with Crippen molar-refractivity contribution in [3.63, 3.8) is 0 Å². The summed E-state index contributed by atoms with van der Waals surface area (Å²) in [5.41, 5.74) is 7.86.